The summed E-state index contributed by atoms with van der Waals surface area (Å²) in [6.07, 6.45) is 5.62. The van der Waals surface area contributed by atoms with Crippen molar-refractivity contribution in [2.45, 2.75) is 26.4 Å². The zero-order valence-electron chi connectivity index (χ0n) is 13.9. The third-order valence-electron chi connectivity index (χ3n) is 3.51. The molecule has 2 N–H and O–H groups in total. The third kappa shape index (κ3) is 4.37. The normalized spacial score (nSPS) is 10.4. The SMILES string of the molecule is CCCn1cnnc1CNC(=O)c1cnc(Nc2ccccc2)nc1. The Balaban J connectivity index is 1.58. The summed E-state index contributed by atoms with van der Waals surface area (Å²) in [4.78, 5) is 20.6. The van der Waals surface area contributed by atoms with E-state index in [0.29, 0.717) is 18.1 Å². The molecule has 0 radical (unpaired) electrons. The summed E-state index contributed by atoms with van der Waals surface area (Å²) < 4.78 is 1.92. The van der Waals surface area contributed by atoms with Crippen LogP contribution in [0.5, 0.6) is 0 Å². The van der Waals surface area contributed by atoms with Gasteiger partial charge in [0.1, 0.15) is 6.33 Å². The second-order valence-electron chi connectivity index (χ2n) is 5.41. The van der Waals surface area contributed by atoms with E-state index < -0.39 is 0 Å². The summed E-state index contributed by atoms with van der Waals surface area (Å²) in [7, 11) is 0. The van der Waals surface area contributed by atoms with Gasteiger partial charge in [-0.2, -0.15) is 0 Å². The van der Waals surface area contributed by atoms with Crippen molar-refractivity contribution >= 4 is 17.5 Å². The highest BCUT2D eigenvalue weighted by molar-refractivity contribution is 5.93. The number of aryl methyl sites for hydroxylation is 1. The van der Waals surface area contributed by atoms with Crippen LogP contribution in [0.4, 0.5) is 11.6 Å². The third-order valence-corrected chi connectivity index (χ3v) is 3.51. The van der Waals surface area contributed by atoms with Crippen LogP contribution in [-0.2, 0) is 13.1 Å². The maximum atomic E-state index is 12.2. The topological polar surface area (TPSA) is 97.6 Å². The number of aromatic nitrogens is 5. The van der Waals surface area contributed by atoms with E-state index in [1.807, 2.05) is 34.9 Å². The van der Waals surface area contributed by atoms with Gasteiger partial charge in [-0.3, -0.25) is 4.79 Å². The zero-order valence-corrected chi connectivity index (χ0v) is 13.9. The number of hydrogen-bond acceptors (Lipinski definition) is 6. The van der Waals surface area contributed by atoms with Crippen LogP contribution in [0.2, 0.25) is 0 Å². The average Bonchev–Trinajstić information content (AvgIpc) is 3.09. The number of para-hydroxylation sites is 1. The van der Waals surface area contributed by atoms with Crippen LogP contribution in [-0.4, -0.2) is 30.6 Å². The van der Waals surface area contributed by atoms with Crippen LogP contribution in [0, 0.1) is 0 Å². The quantitative estimate of drug-likeness (QED) is 0.685. The first kappa shape index (κ1) is 16.6. The molecule has 0 fully saturated rings. The van der Waals surface area contributed by atoms with Gasteiger partial charge in [0.2, 0.25) is 5.95 Å². The van der Waals surface area contributed by atoms with Gasteiger partial charge >= 0.3 is 0 Å². The lowest BCUT2D eigenvalue weighted by Crippen LogP contribution is -2.25. The summed E-state index contributed by atoms with van der Waals surface area (Å²) in [6.45, 7) is 3.20. The van der Waals surface area contributed by atoms with E-state index in [4.69, 9.17) is 0 Å². The van der Waals surface area contributed by atoms with E-state index in [1.165, 1.54) is 12.4 Å². The van der Waals surface area contributed by atoms with Crippen LogP contribution < -0.4 is 10.6 Å². The Morgan fingerprint density at radius 2 is 1.92 bits per heavy atom. The molecule has 8 heteroatoms. The van der Waals surface area contributed by atoms with Crippen molar-refractivity contribution in [2.24, 2.45) is 0 Å². The van der Waals surface area contributed by atoms with Crippen molar-refractivity contribution in [1.82, 2.24) is 30.0 Å². The second-order valence-corrected chi connectivity index (χ2v) is 5.41. The van der Waals surface area contributed by atoms with Crippen molar-refractivity contribution < 1.29 is 4.79 Å². The van der Waals surface area contributed by atoms with Crippen LogP contribution in [0.3, 0.4) is 0 Å². The molecule has 1 amide bonds. The molecule has 0 atom stereocenters. The Morgan fingerprint density at radius 1 is 1.16 bits per heavy atom. The Hall–Kier alpha value is -3.29. The van der Waals surface area contributed by atoms with Gasteiger partial charge in [0.25, 0.3) is 5.91 Å². The fraction of sp³-hybridized carbons (Fsp3) is 0.235. The minimum absolute atomic E-state index is 0.252. The Labute approximate surface area is 145 Å². The number of carbonyl (C=O) groups is 1. The number of anilines is 2. The monoisotopic (exact) mass is 337 g/mol. The van der Waals surface area contributed by atoms with Crippen molar-refractivity contribution in [3.63, 3.8) is 0 Å². The molecule has 0 unspecified atom stereocenters. The molecule has 3 aromatic rings. The number of benzene rings is 1. The van der Waals surface area contributed by atoms with E-state index in [-0.39, 0.29) is 5.91 Å². The largest absolute Gasteiger partial charge is 0.345 e. The molecular weight excluding hydrogens is 318 g/mol. The Kier molecular flexibility index (Phi) is 5.30. The lowest BCUT2D eigenvalue weighted by Gasteiger charge is -2.07. The average molecular weight is 337 g/mol. The molecule has 0 saturated heterocycles. The zero-order chi connectivity index (χ0) is 17.5. The summed E-state index contributed by atoms with van der Waals surface area (Å²) in [6, 6.07) is 9.59. The minimum Gasteiger partial charge on any atom is -0.345 e. The van der Waals surface area contributed by atoms with E-state index >= 15 is 0 Å². The molecule has 3 rings (SSSR count). The number of nitrogens with one attached hydrogen (secondary N) is 2. The smallest absolute Gasteiger partial charge is 0.254 e. The molecule has 0 aliphatic heterocycles. The van der Waals surface area contributed by atoms with Crippen LogP contribution in [0.25, 0.3) is 0 Å². The van der Waals surface area contributed by atoms with Gasteiger partial charge < -0.3 is 15.2 Å². The number of amides is 1. The summed E-state index contributed by atoms with van der Waals surface area (Å²) in [5.74, 6) is 0.904. The first-order valence-corrected chi connectivity index (χ1v) is 8.05. The molecular formula is C17H19N7O. The van der Waals surface area contributed by atoms with Gasteiger partial charge in [-0.05, 0) is 18.6 Å². The molecule has 2 heterocycles. The van der Waals surface area contributed by atoms with E-state index in [0.717, 1.165) is 24.5 Å². The summed E-state index contributed by atoms with van der Waals surface area (Å²) >= 11 is 0. The molecule has 128 valence electrons. The highest BCUT2D eigenvalue weighted by Crippen LogP contribution is 2.11. The van der Waals surface area contributed by atoms with Crippen molar-refractivity contribution in [3.05, 3.63) is 60.4 Å². The molecule has 1 aromatic carbocycles. The van der Waals surface area contributed by atoms with Crippen LogP contribution in [0.1, 0.15) is 29.5 Å². The maximum absolute atomic E-state index is 12.2. The summed E-state index contributed by atoms with van der Waals surface area (Å²) in [5, 5.41) is 13.8. The molecule has 0 bridgehead atoms. The summed E-state index contributed by atoms with van der Waals surface area (Å²) in [5.41, 5.74) is 1.27. The lowest BCUT2D eigenvalue weighted by atomic mass is 10.3. The van der Waals surface area contributed by atoms with Crippen LogP contribution >= 0.6 is 0 Å². The van der Waals surface area contributed by atoms with Gasteiger partial charge in [-0.15, -0.1) is 10.2 Å². The molecule has 2 aromatic heterocycles. The Morgan fingerprint density at radius 3 is 2.64 bits per heavy atom. The predicted octanol–water partition coefficient (Wildman–Crippen LogP) is 2.15. The van der Waals surface area contributed by atoms with Crippen molar-refractivity contribution in [1.29, 1.82) is 0 Å². The van der Waals surface area contributed by atoms with E-state index in [2.05, 4.69) is 37.7 Å². The molecule has 8 nitrogen and oxygen atoms in total. The number of rotatable bonds is 7. The van der Waals surface area contributed by atoms with Gasteiger partial charge in [0.05, 0.1) is 12.1 Å². The highest BCUT2D eigenvalue weighted by Gasteiger charge is 2.10. The molecule has 25 heavy (non-hydrogen) atoms. The minimum atomic E-state index is -0.252. The fourth-order valence-electron chi connectivity index (χ4n) is 2.27. The molecule has 0 spiro atoms. The van der Waals surface area contributed by atoms with Gasteiger partial charge in [0, 0.05) is 24.6 Å². The fourth-order valence-corrected chi connectivity index (χ4v) is 2.27. The molecule has 0 saturated carbocycles. The molecule has 0 aliphatic carbocycles. The second kappa shape index (κ2) is 8.00. The van der Waals surface area contributed by atoms with Crippen molar-refractivity contribution in [2.75, 3.05) is 5.32 Å². The number of nitrogens with zero attached hydrogens (tertiary/aromatic N) is 5. The van der Waals surface area contributed by atoms with Crippen LogP contribution in [0.15, 0.2) is 49.1 Å². The van der Waals surface area contributed by atoms with E-state index in [9.17, 15) is 4.79 Å². The van der Waals surface area contributed by atoms with Gasteiger partial charge in [-0.1, -0.05) is 25.1 Å². The maximum Gasteiger partial charge on any atom is 0.254 e. The first-order valence-electron chi connectivity index (χ1n) is 8.05. The number of hydrogen-bond donors (Lipinski definition) is 2. The first-order chi connectivity index (χ1) is 12.3. The van der Waals surface area contributed by atoms with E-state index in [1.54, 1.807) is 6.33 Å². The highest BCUT2D eigenvalue weighted by atomic mass is 16.1. The Bertz CT molecular complexity index is 815. The van der Waals surface area contributed by atoms with Gasteiger partial charge in [-0.25, -0.2) is 9.97 Å². The lowest BCUT2D eigenvalue weighted by molar-refractivity contribution is 0.0948. The number of carbonyl (C=O) groups excluding carboxylic acids is 1. The molecule has 0 aliphatic rings. The predicted molar refractivity (Wildman–Crippen MR) is 93.2 cm³/mol. The van der Waals surface area contributed by atoms with Crippen molar-refractivity contribution in [3.8, 4) is 0 Å². The standard InChI is InChI=1S/C17H19N7O/c1-2-8-24-12-21-23-15(24)11-18-16(25)13-9-19-17(20-10-13)22-14-6-4-3-5-7-14/h3-7,9-10,12H,2,8,11H2,1H3,(H,18,25)(H,19,20,22). The van der Waals surface area contributed by atoms with Gasteiger partial charge in [0.15, 0.2) is 5.82 Å².